The highest BCUT2D eigenvalue weighted by Crippen LogP contribution is 2.44. The van der Waals surface area contributed by atoms with Crippen LogP contribution in [0.1, 0.15) is 49.0 Å². The summed E-state index contributed by atoms with van der Waals surface area (Å²) < 4.78 is 6.39. The van der Waals surface area contributed by atoms with E-state index in [1.165, 1.54) is 19.3 Å². The first-order valence-corrected chi connectivity index (χ1v) is 10.9. The number of hydrogen-bond donors (Lipinski definition) is 0. The van der Waals surface area contributed by atoms with Crippen molar-refractivity contribution in [3.05, 3.63) is 82.4 Å². The average Bonchev–Trinajstić information content (AvgIpc) is 2.68. The van der Waals surface area contributed by atoms with E-state index in [1.807, 2.05) is 53.4 Å². The van der Waals surface area contributed by atoms with Crippen molar-refractivity contribution in [1.29, 1.82) is 0 Å². The predicted molar refractivity (Wildman–Crippen MR) is 117 cm³/mol. The first-order valence-electron chi connectivity index (χ1n) is 10.1. The van der Waals surface area contributed by atoms with Crippen molar-refractivity contribution in [2.45, 2.75) is 43.9 Å². The molecule has 1 heterocycles. The van der Waals surface area contributed by atoms with Gasteiger partial charge in [-0.15, -0.1) is 6.58 Å². The summed E-state index contributed by atoms with van der Waals surface area (Å²) in [7, 11) is 0. The van der Waals surface area contributed by atoms with Crippen LogP contribution in [0.15, 0.2) is 61.2 Å². The minimum Gasteiger partial charge on any atom is -0.358 e. The van der Waals surface area contributed by atoms with Crippen LogP contribution >= 0.6 is 23.2 Å². The van der Waals surface area contributed by atoms with E-state index in [0.717, 1.165) is 17.7 Å². The maximum absolute atomic E-state index is 13.4. The van der Waals surface area contributed by atoms with Gasteiger partial charge in [-0.2, -0.15) is 0 Å². The topological polar surface area (TPSA) is 29.5 Å². The summed E-state index contributed by atoms with van der Waals surface area (Å²) in [6.45, 7) is 4.57. The molecule has 1 amide bonds. The number of benzene rings is 2. The van der Waals surface area contributed by atoms with Gasteiger partial charge in [-0.3, -0.25) is 4.79 Å². The maximum atomic E-state index is 13.4. The quantitative estimate of drug-likeness (QED) is 0.498. The van der Waals surface area contributed by atoms with E-state index in [4.69, 9.17) is 27.9 Å². The first-order chi connectivity index (χ1) is 14.1. The van der Waals surface area contributed by atoms with Crippen molar-refractivity contribution in [2.24, 2.45) is 5.92 Å². The van der Waals surface area contributed by atoms with E-state index in [2.05, 4.69) is 6.58 Å². The lowest BCUT2D eigenvalue weighted by Crippen LogP contribution is -2.52. The average molecular weight is 430 g/mol. The summed E-state index contributed by atoms with van der Waals surface area (Å²) >= 11 is 12.4. The van der Waals surface area contributed by atoms with Crippen LogP contribution in [0.2, 0.25) is 10.0 Å². The minimum absolute atomic E-state index is 0.0371. The second-order valence-electron chi connectivity index (χ2n) is 7.91. The highest BCUT2D eigenvalue weighted by atomic mass is 35.5. The van der Waals surface area contributed by atoms with Crippen molar-refractivity contribution in [3.63, 3.8) is 0 Å². The Bertz CT molecular complexity index is 879. The normalized spacial score (nSPS) is 25.0. The van der Waals surface area contributed by atoms with Gasteiger partial charge < -0.3 is 9.64 Å². The smallest absolute Gasteiger partial charge is 0.252 e. The molecule has 3 atom stereocenters. The summed E-state index contributed by atoms with van der Waals surface area (Å²) in [6.07, 6.45) is 4.99. The molecule has 2 fully saturated rings. The Morgan fingerprint density at radius 2 is 1.83 bits per heavy atom. The summed E-state index contributed by atoms with van der Waals surface area (Å²) in [6, 6.07) is 15.2. The minimum atomic E-state index is -0.528. The molecule has 152 valence electrons. The van der Waals surface area contributed by atoms with Crippen LogP contribution in [-0.4, -0.2) is 23.5 Å². The lowest BCUT2D eigenvalue weighted by molar-refractivity contribution is -0.175. The van der Waals surface area contributed by atoms with Crippen LogP contribution in [0.25, 0.3) is 0 Å². The molecular formula is C24H25Cl2NO2. The third kappa shape index (κ3) is 4.37. The molecule has 0 aromatic heterocycles. The molecule has 0 bridgehead atoms. The number of carbonyl (C=O) groups is 1. The van der Waals surface area contributed by atoms with E-state index in [-0.39, 0.29) is 18.1 Å². The molecule has 5 heteroatoms. The van der Waals surface area contributed by atoms with Crippen LogP contribution < -0.4 is 0 Å². The van der Waals surface area contributed by atoms with Crippen LogP contribution in [0.5, 0.6) is 0 Å². The van der Waals surface area contributed by atoms with Gasteiger partial charge in [0.15, 0.2) is 0 Å². The van der Waals surface area contributed by atoms with Gasteiger partial charge in [0.25, 0.3) is 5.91 Å². The van der Waals surface area contributed by atoms with Gasteiger partial charge in [0.1, 0.15) is 12.2 Å². The first kappa shape index (κ1) is 20.5. The Morgan fingerprint density at radius 1 is 1.07 bits per heavy atom. The Hall–Kier alpha value is -1.81. The summed E-state index contributed by atoms with van der Waals surface area (Å²) in [5.74, 6) is 0.589. The highest BCUT2D eigenvalue weighted by Gasteiger charge is 2.44. The van der Waals surface area contributed by atoms with E-state index in [1.54, 1.807) is 6.08 Å². The zero-order chi connectivity index (χ0) is 20.4. The fourth-order valence-corrected chi connectivity index (χ4v) is 4.54. The van der Waals surface area contributed by atoms with E-state index in [9.17, 15) is 4.79 Å². The van der Waals surface area contributed by atoms with Crippen molar-refractivity contribution in [1.82, 2.24) is 4.90 Å². The Balaban J connectivity index is 1.78. The molecular weight excluding hydrogens is 405 g/mol. The number of rotatable bonds is 6. The van der Waals surface area contributed by atoms with Crippen LogP contribution in [0.4, 0.5) is 0 Å². The third-order valence-corrected chi connectivity index (χ3v) is 6.43. The molecule has 3 nitrogen and oxygen atoms in total. The maximum Gasteiger partial charge on any atom is 0.252 e. The molecule has 1 saturated heterocycles. The van der Waals surface area contributed by atoms with Crippen molar-refractivity contribution >= 4 is 29.1 Å². The molecule has 0 radical (unpaired) electrons. The number of ether oxygens (including phenoxy) is 1. The SMILES string of the molecule is C=CC[C@H]1O[C@H](c2cccc(Cl)c2)[C@H](c2ccc(Cl)cc2)N(CC2CCC2)C1=O. The van der Waals surface area contributed by atoms with Gasteiger partial charge in [-0.05, 0) is 54.2 Å². The summed E-state index contributed by atoms with van der Waals surface area (Å²) in [5.41, 5.74) is 1.99. The number of carbonyl (C=O) groups excluding carboxylic acids is 1. The van der Waals surface area contributed by atoms with Gasteiger partial charge in [-0.25, -0.2) is 0 Å². The van der Waals surface area contributed by atoms with Crippen molar-refractivity contribution in [3.8, 4) is 0 Å². The van der Waals surface area contributed by atoms with E-state index < -0.39 is 6.10 Å². The van der Waals surface area contributed by atoms with Crippen molar-refractivity contribution < 1.29 is 9.53 Å². The zero-order valence-electron chi connectivity index (χ0n) is 16.3. The molecule has 2 aliphatic rings. The van der Waals surface area contributed by atoms with Crippen LogP contribution in [-0.2, 0) is 9.53 Å². The Kier molecular flexibility index (Phi) is 6.29. The second kappa shape index (κ2) is 8.91. The number of amides is 1. The second-order valence-corrected chi connectivity index (χ2v) is 8.78. The summed E-state index contributed by atoms with van der Waals surface area (Å²) in [4.78, 5) is 15.4. The van der Waals surface area contributed by atoms with Gasteiger partial charge in [-0.1, -0.05) is 60.0 Å². The molecule has 1 aliphatic heterocycles. The van der Waals surface area contributed by atoms with Crippen molar-refractivity contribution in [2.75, 3.05) is 6.54 Å². The molecule has 0 unspecified atom stereocenters. The standard InChI is InChI=1S/C24H25Cl2NO2/c1-2-5-21-24(28)27(15-16-6-3-7-16)22(17-10-12-19(25)13-11-17)23(29-21)18-8-4-9-20(26)14-18/h2,4,8-14,16,21-23H,1,3,5-7,15H2/t21-,22+,23-/m1/s1. The fourth-order valence-electron chi connectivity index (χ4n) is 4.22. The number of morpholine rings is 1. The zero-order valence-corrected chi connectivity index (χ0v) is 17.8. The monoisotopic (exact) mass is 429 g/mol. The third-order valence-electron chi connectivity index (χ3n) is 5.94. The number of halogens is 2. The predicted octanol–water partition coefficient (Wildman–Crippen LogP) is 6.38. The fraction of sp³-hybridized carbons (Fsp3) is 0.375. The Labute approximate surface area is 182 Å². The van der Waals surface area contributed by atoms with Gasteiger partial charge in [0, 0.05) is 23.0 Å². The van der Waals surface area contributed by atoms with Crippen LogP contribution in [0.3, 0.4) is 0 Å². The van der Waals surface area contributed by atoms with E-state index in [0.29, 0.717) is 22.4 Å². The molecule has 29 heavy (non-hydrogen) atoms. The Morgan fingerprint density at radius 3 is 2.45 bits per heavy atom. The largest absolute Gasteiger partial charge is 0.358 e. The molecule has 0 spiro atoms. The number of hydrogen-bond acceptors (Lipinski definition) is 2. The van der Waals surface area contributed by atoms with Gasteiger partial charge >= 0.3 is 0 Å². The molecule has 4 rings (SSSR count). The lowest BCUT2D eigenvalue weighted by Gasteiger charge is -2.47. The molecule has 2 aromatic rings. The summed E-state index contributed by atoms with van der Waals surface area (Å²) in [5, 5.41) is 1.33. The number of nitrogens with zero attached hydrogens (tertiary/aromatic N) is 1. The van der Waals surface area contributed by atoms with Gasteiger partial charge in [0.2, 0.25) is 0 Å². The molecule has 2 aromatic carbocycles. The van der Waals surface area contributed by atoms with Crippen LogP contribution in [0, 0.1) is 5.92 Å². The molecule has 1 saturated carbocycles. The lowest BCUT2D eigenvalue weighted by atomic mass is 9.83. The van der Waals surface area contributed by atoms with Gasteiger partial charge in [0.05, 0.1) is 6.04 Å². The molecule has 0 N–H and O–H groups in total. The molecule has 1 aliphatic carbocycles. The van der Waals surface area contributed by atoms with E-state index >= 15 is 0 Å². The highest BCUT2D eigenvalue weighted by molar-refractivity contribution is 6.30.